The van der Waals surface area contributed by atoms with Crippen LogP contribution in [-0.2, 0) is 11.2 Å². The molecule has 0 fully saturated rings. The first-order chi connectivity index (χ1) is 6.27. The zero-order valence-electron chi connectivity index (χ0n) is 7.99. The number of aryl methyl sites for hydroxylation is 1. The van der Waals surface area contributed by atoms with E-state index in [4.69, 9.17) is 14.9 Å². The highest BCUT2D eigenvalue weighted by Gasteiger charge is 2.12. The van der Waals surface area contributed by atoms with Crippen LogP contribution in [0.1, 0.15) is 31.2 Å². The maximum absolute atomic E-state index is 5.35. The Hall–Kier alpha value is -0.940. The lowest BCUT2D eigenvalue weighted by Crippen LogP contribution is -2.00. The van der Waals surface area contributed by atoms with Gasteiger partial charge in [-0.1, -0.05) is 0 Å². The van der Waals surface area contributed by atoms with E-state index in [1.165, 1.54) is 0 Å². The minimum atomic E-state index is -0.140. The highest BCUT2D eigenvalue weighted by molar-refractivity contribution is 4.85. The van der Waals surface area contributed by atoms with Crippen LogP contribution in [0.2, 0.25) is 0 Å². The Morgan fingerprint density at radius 3 is 2.92 bits per heavy atom. The molecule has 0 aliphatic carbocycles. The van der Waals surface area contributed by atoms with Crippen molar-refractivity contribution in [1.82, 2.24) is 10.2 Å². The van der Waals surface area contributed by atoms with Crippen molar-refractivity contribution in [3.63, 3.8) is 0 Å². The molecule has 1 aromatic heterocycles. The Morgan fingerprint density at radius 2 is 2.31 bits per heavy atom. The molecule has 0 saturated carbocycles. The average Bonchev–Trinajstić information content (AvgIpc) is 2.62. The van der Waals surface area contributed by atoms with Crippen LogP contribution in [0.5, 0.6) is 0 Å². The molecular weight excluding hydrogens is 170 g/mol. The molecule has 0 aliphatic heterocycles. The third-order valence-electron chi connectivity index (χ3n) is 1.78. The molecule has 5 nitrogen and oxygen atoms in total. The molecule has 2 N–H and O–H groups in total. The van der Waals surface area contributed by atoms with Crippen molar-refractivity contribution in [3.05, 3.63) is 11.8 Å². The molecule has 13 heavy (non-hydrogen) atoms. The monoisotopic (exact) mass is 185 g/mol. The first-order valence-electron chi connectivity index (χ1n) is 4.33. The third-order valence-corrected chi connectivity index (χ3v) is 1.78. The predicted octanol–water partition coefficient (Wildman–Crippen LogP) is 0.668. The SMILES string of the molecule is COC(C)c1nnc(CCCN)o1. The van der Waals surface area contributed by atoms with Crippen LogP contribution in [0.4, 0.5) is 0 Å². The molecule has 1 unspecified atom stereocenters. The third kappa shape index (κ3) is 2.78. The number of nitrogens with zero attached hydrogens (tertiary/aromatic N) is 2. The minimum absolute atomic E-state index is 0.140. The van der Waals surface area contributed by atoms with Gasteiger partial charge in [0.05, 0.1) is 0 Å². The van der Waals surface area contributed by atoms with E-state index in [1.807, 2.05) is 6.92 Å². The molecule has 74 valence electrons. The maximum atomic E-state index is 5.35. The minimum Gasteiger partial charge on any atom is -0.422 e. The van der Waals surface area contributed by atoms with Crippen LogP contribution in [0.25, 0.3) is 0 Å². The number of hydrogen-bond donors (Lipinski definition) is 1. The summed E-state index contributed by atoms with van der Waals surface area (Å²) < 4.78 is 10.4. The second-order valence-electron chi connectivity index (χ2n) is 2.80. The second-order valence-corrected chi connectivity index (χ2v) is 2.80. The lowest BCUT2D eigenvalue weighted by atomic mass is 10.3. The summed E-state index contributed by atoms with van der Waals surface area (Å²) in [7, 11) is 1.61. The van der Waals surface area contributed by atoms with Gasteiger partial charge in [-0.05, 0) is 19.9 Å². The van der Waals surface area contributed by atoms with Crippen molar-refractivity contribution < 1.29 is 9.15 Å². The van der Waals surface area contributed by atoms with Gasteiger partial charge in [0.1, 0.15) is 6.10 Å². The van der Waals surface area contributed by atoms with Crippen LogP contribution in [0.3, 0.4) is 0 Å². The smallest absolute Gasteiger partial charge is 0.244 e. The quantitative estimate of drug-likeness (QED) is 0.729. The Balaban J connectivity index is 2.53. The van der Waals surface area contributed by atoms with E-state index in [0.717, 1.165) is 12.8 Å². The molecule has 0 amide bonds. The van der Waals surface area contributed by atoms with Gasteiger partial charge in [-0.25, -0.2) is 0 Å². The zero-order valence-corrected chi connectivity index (χ0v) is 7.99. The summed E-state index contributed by atoms with van der Waals surface area (Å²) in [5.41, 5.74) is 5.35. The summed E-state index contributed by atoms with van der Waals surface area (Å²) in [4.78, 5) is 0. The number of nitrogens with two attached hydrogens (primary N) is 1. The summed E-state index contributed by atoms with van der Waals surface area (Å²) >= 11 is 0. The van der Waals surface area contributed by atoms with Crippen LogP contribution in [-0.4, -0.2) is 23.9 Å². The molecule has 0 radical (unpaired) electrons. The molecule has 1 atom stereocenters. The van der Waals surface area contributed by atoms with Gasteiger partial charge in [0.15, 0.2) is 0 Å². The summed E-state index contributed by atoms with van der Waals surface area (Å²) in [5, 5.41) is 7.73. The first kappa shape index (κ1) is 10.1. The van der Waals surface area contributed by atoms with Crippen LogP contribution >= 0.6 is 0 Å². The van der Waals surface area contributed by atoms with Crippen LogP contribution in [0.15, 0.2) is 4.42 Å². The molecule has 1 heterocycles. The second kappa shape index (κ2) is 4.94. The summed E-state index contributed by atoms with van der Waals surface area (Å²) in [6.07, 6.45) is 1.46. The van der Waals surface area contributed by atoms with E-state index in [9.17, 15) is 0 Å². The van der Waals surface area contributed by atoms with Gasteiger partial charge < -0.3 is 14.9 Å². The molecule has 1 aromatic rings. The van der Waals surface area contributed by atoms with E-state index in [-0.39, 0.29) is 6.10 Å². The summed E-state index contributed by atoms with van der Waals surface area (Å²) in [5.74, 6) is 1.15. The fraction of sp³-hybridized carbons (Fsp3) is 0.750. The topological polar surface area (TPSA) is 74.2 Å². The zero-order chi connectivity index (χ0) is 9.68. The maximum Gasteiger partial charge on any atom is 0.244 e. The van der Waals surface area contributed by atoms with Crippen LogP contribution in [0, 0.1) is 0 Å². The van der Waals surface area contributed by atoms with E-state index in [1.54, 1.807) is 7.11 Å². The van der Waals surface area contributed by atoms with E-state index >= 15 is 0 Å². The molecule has 1 rings (SSSR count). The molecule has 0 bridgehead atoms. The van der Waals surface area contributed by atoms with Crippen molar-refractivity contribution in [1.29, 1.82) is 0 Å². The summed E-state index contributed by atoms with van der Waals surface area (Å²) in [6.45, 7) is 2.50. The standard InChI is InChI=1S/C8H15N3O2/c1-6(12-2)8-11-10-7(13-8)4-3-5-9/h6H,3-5,9H2,1-2H3. The fourth-order valence-electron chi connectivity index (χ4n) is 0.886. The van der Waals surface area contributed by atoms with Gasteiger partial charge in [-0.3, -0.25) is 0 Å². The Kier molecular flexibility index (Phi) is 3.85. The predicted molar refractivity (Wildman–Crippen MR) is 47.1 cm³/mol. The lowest BCUT2D eigenvalue weighted by Gasteiger charge is -2.01. The first-order valence-corrected chi connectivity index (χ1v) is 4.33. The van der Waals surface area contributed by atoms with Crippen molar-refractivity contribution in [2.45, 2.75) is 25.9 Å². The van der Waals surface area contributed by atoms with Gasteiger partial charge in [-0.15, -0.1) is 10.2 Å². The number of ether oxygens (including phenoxy) is 1. The van der Waals surface area contributed by atoms with Gasteiger partial charge in [0.2, 0.25) is 11.8 Å². The molecule has 0 aromatic carbocycles. The Bertz CT molecular complexity index is 249. The Morgan fingerprint density at radius 1 is 1.54 bits per heavy atom. The van der Waals surface area contributed by atoms with Crippen LogP contribution < -0.4 is 5.73 Å². The fourth-order valence-corrected chi connectivity index (χ4v) is 0.886. The van der Waals surface area contributed by atoms with Gasteiger partial charge in [0, 0.05) is 13.5 Å². The van der Waals surface area contributed by atoms with Crippen molar-refractivity contribution in [2.24, 2.45) is 5.73 Å². The van der Waals surface area contributed by atoms with Crippen molar-refractivity contribution in [2.75, 3.05) is 13.7 Å². The Labute approximate surface area is 77.3 Å². The van der Waals surface area contributed by atoms with E-state index in [2.05, 4.69) is 10.2 Å². The van der Waals surface area contributed by atoms with Gasteiger partial charge in [0.25, 0.3) is 0 Å². The van der Waals surface area contributed by atoms with Gasteiger partial charge in [-0.2, -0.15) is 0 Å². The molecular formula is C8H15N3O2. The normalized spacial score (nSPS) is 13.2. The van der Waals surface area contributed by atoms with Crippen molar-refractivity contribution >= 4 is 0 Å². The lowest BCUT2D eigenvalue weighted by molar-refractivity contribution is 0.0935. The number of methoxy groups -OCH3 is 1. The number of hydrogen-bond acceptors (Lipinski definition) is 5. The molecule has 0 saturated heterocycles. The highest BCUT2D eigenvalue weighted by atomic mass is 16.5. The molecule has 0 spiro atoms. The summed E-state index contributed by atoms with van der Waals surface area (Å²) in [6, 6.07) is 0. The van der Waals surface area contributed by atoms with Gasteiger partial charge >= 0.3 is 0 Å². The molecule has 0 aliphatic rings. The number of rotatable bonds is 5. The largest absolute Gasteiger partial charge is 0.422 e. The average molecular weight is 185 g/mol. The van der Waals surface area contributed by atoms with E-state index < -0.39 is 0 Å². The molecule has 5 heteroatoms. The number of aromatic nitrogens is 2. The van der Waals surface area contributed by atoms with E-state index in [0.29, 0.717) is 18.3 Å². The highest BCUT2D eigenvalue weighted by Crippen LogP contribution is 2.13. The van der Waals surface area contributed by atoms with Crippen molar-refractivity contribution in [3.8, 4) is 0 Å².